The van der Waals surface area contributed by atoms with E-state index < -0.39 is 0 Å². The first-order chi connectivity index (χ1) is 8.29. The van der Waals surface area contributed by atoms with Crippen LogP contribution < -0.4 is 11.3 Å². The van der Waals surface area contributed by atoms with Crippen LogP contribution in [-0.2, 0) is 6.42 Å². The average Bonchev–Trinajstić information content (AvgIpc) is 2.38. The Morgan fingerprint density at radius 3 is 2.35 bits per heavy atom. The van der Waals surface area contributed by atoms with Gasteiger partial charge in [-0.05, 0) is 41.8 Å². The van der Waals surface area contributed by atoms with Gasteiger partial charge in [0.2, 0.25) is 0 Å². The number of pyridine rings is 1. The Morgan fingerprint density at radius 2 is 1.76 bits per heavy atom. The van der Waals surface area contributed by atoms with Gasteiger partial charge in [0.25, 0.3) is 0 Å². The topological polar surface area (TPSA) is 50.9 Å². The normalized spacial score (nSPS) is 12.4. The molecular formula is C13H14FN3. The lowest BCUT2D eigenvalue weighted by molar-refractivity contribution is 0.549. The van der Waals surface area contributed by atoms with Crippen LogP contribution in [0.3, 0.4) is 0 Å². The molecule has 17 heavy (non-hydrogen) atoms. The third-order valence-corrected chi connectivity index (χ3v) is 2.66. The highest BCUT2D eigenvalue weighted by atomic mass is 19.1. The molecule has 0 bridgehead atoms. The number of benzene rings is 1. The maximum Gasteiger partial charge on any atom is 0.123 e. The van der Waals surface area contributed by atoms with Crippen molar-refractivity contribution in [3.05, 3.63) is 65.7 Å². The van der Waals surface area contributed by atoms with E-state index in [4.69, 9.17) is 5.84 Å². The van der Waals surface area contributed by atoms with Gasteiger partial charge in [-0.25, -0.2) is 4.39 Å². The van der Waals surface area contributed by atoms with E-state index in [2.05, 4.69) is 10.4 Å². The molecule has 0 amide bonds. The van der Waals surface area contributed by atoms with Gasteiger partial charge in [0.1, 0.15) is 5.82 Å². The summed E-state index contributed by atoms with van der Waals surface area (Å²) in [6.45, 7) is 0. The second kappa shape index (κ2) is 5.52. The molecule has 1 unspecified atom stereocenters. The molecule has 3 N–H and O–H groups in total. The first kappa shape index (κ1) is 11.7. The molecule has 3 nitrogen and oxygen atoms in total. The predicted molar refractivity (Wildman–Crippen MR) is 64.4 cm³/mol. The van der Waals surface area contributed by atoms with Gasteiger partial charge >= 0.3 is 0 Å². The first-order valence-electron chi connectivity index (χ1n) is 5.40. The van der Waals surface area contributed by atoms with Gasteiger partial charge in [-0.2, -0.15) is 0 Å². The van der Waals surface area contributed by atoms with Crippen molar-refractivity contribution in [1.29, 1.82) is 0 Å². The fourth-order valence-electron chi connectivity index (χ4n) is 1.72. The molecule has 1 aromatic heterocycles. The lowest BCUT2D eigenvalue weighted by Gasteiger charge is -2.16. The van der Waals surface area contributed by atoms with Crippen molar-refractivity contribution in [2.75, 3.05) is 0 Å². The molecule has 0 saturated heterocycles. The molecule has 0 radical (unpaired) electrons. The highest BCUT2D eigenvalue weighted by Crippen LogP contribution is 2.17. The van der Waals surface area contributed by atoms with E-state index >= 15 is 0 Å². The monoisotopic (exact) mass is 231 g/mol. The second-order valence-corrected chi connectivity index (χ2v) is 3.83. The molecular weight excluding hydrogens is 217 g/mol. The minimum Gasteiger partial charge on any atom is -0.271 e. The van der Waals surface area contributed by atoms with Gasteiger partial charge in [-0.3, -0.25) is 16.3 Å². The average molecular weight is 231 g/mol. The van der Waals surface area contributed by atoms with Gasteiger partial charge in [0.05, 0.1) is 0 Å². The minimum atomic E-state index is -0.242. The molecule has 0 aliphatic rings. The van der Waals surface area contributed by atoms with E-state index in [1.54, 1.807) is 24.5 Å². The van der Waals surface area contributed by atoms with Crippen molar-refractivity contribution >= 4 is 0 Å². The van der Waals surface area contributed by atoms with E-state index in [1.165, 1.54) is 12.1 Å². The fourth-order valence-corrected chi connectivity index (χ4v) is 1.72. The summed E-state index contributed by atoms with van der Waals surface area (Å²) >= 11 is 0. The standard InChI is InChI=1S/C13H14FN3/c14-12-3-1-11(2-4-12)13(17-15)9-10-5-7-16-8-6-10/h1-8,13,17H,9,15H2. The first-order valence-corrected chi connectivity index (χ1v) is 5.40. The smallest absolute Gasteiger partial charge is 0.123 e. The number of rotatable bonds is 4. The zero-order valence-electron chi connectivity index (χ0n) is 9.31. The highest BCUT2D eigenvalue weighted by Gasteiger charge is 2.10. The van der Waals surface area contributed by atoms with Crippen molar-refractivity contribution in [3.63, 3.8) is 0 Å². The van der Waals surface area contributed by atoms with Crippen LogP contribution in [0.2, 0.25) is 0 Å². The van der Waals surface area contributed by atoms with Crippen LogP contribution in [0.1, 0.15) is 17.2 Å². The van der Waals surface area contributed by atoms with Crippen LogP contribution in [0.5, 0.6) is 0 Å². The predicted octanol–water partition coefficient (Wildman–Crippen LogP) is 1.97. The van der Waals surface area contributed by atoms with Gasteiger partial charge in [0, 0.05) is 18.4 Å². The van der Waals surface area contributed by atoms with Crippen LogP contribution >= 0.6 is 0 Å². The lowest BCUT2D eigenvalue weighted by Crippen LogP contribution is -2.29. The summed E-state index contributed by atoms with van der Waals surface area (Å²) in [4.78, 5) is 3.96. The van der Waals surface area contributed by atoms with Crippen molar-refractivity contribution in [2.45, 2.75) is 12.5 Å². The Bertz CT molecular complexity index is 456. The third-order valence-electron chi connectivity index (χ3n) is 2.66. The number of hydrazine groups is 1. The van der Waals surface area contributed by atoms with Crippen molar-refractivity contribution < 1.29 is 4.39 Å². The van der Waals surface area contributed by atoms with Gasteiger partial charge in [-0.1, -0.05) is 12.1 Å². The number of nitrogens with zero attached hydrogens (tertiary/aromatic N) is 1. The summed E-state index contributed by atoms with van der Waals surface area (Å²) in [7, 11) is 0. The quantitative estimate of drug-likeness (QED) is 0.624. The second-order valence-electron chi connectivity index (χ2n) is 3.83. The fraction of sp³-hybridized carbons (Fsp3) is 0.154. The zero-order chi connectivity index (χ0) is 12.1. The van der Waals surface area contributed by atoms with E-state index in [0.29, 0.717) is 0 Å². The number of nitrogens with one attached hydrogen (secondary N) is 1. The Morgan fingerprint density at radius 1 is 1.12 bits per heavy atom. The van der Waals surface area contributed by atoms with E-state index in [0.717, 1.165) is 17.5 Å². The Hall–Kier alpha value is -1.78. The summed E-state index contributed by atoms with van der Waals surface area (Å²) < 4.78 is 12.8. The molecule has 1 heterocycles. The molecule has 0 aliphatic carbocycles. The molecule has 0 fully saturated rings. The van der Waals surface area contributed by atoms with Crippen molar-refractivity contribution in [1.82, 2.24) is 10.4 Å². The SMILES string of the molecule is NNC(Cc1ccncc1)c1ccc(F)cc1. The Labute approximate surface area is 99.5 Å². The summed E-state index contributed by atoms with van der Waals surface area (Å²) in [5.41, 5.74) is 4.84. The Kier molecular flexibility index (Phi) is 3.80. The number of aromatic nitrogens is 1. The molecule has 1 aromatic carbocycles. The molecule has 88 valence electrons. The molecule has 0 saturated carbocycles. The van der Waals surface area contributed by atoms with Crippen LogP contribution in [0.25, 0.3) is 0 Å². The molecule has 0 spiro atoms. The minimum absolute atomic E-state index is 0.0296. The number of halogens is 1. The van der Waals surface area contributed by atoms with Gasteiger partial charge < -0.3 is 0 Å². The molecule has 2 rings (SSSR count). The van der Waals surface area contributed by atoms with E-state index in [-0.39, 0.29) is 11.9 Å². The number of hydrogen-bond donors (Lipinski definition) is 2. The Balaban J connectivity index is 2.14. The summed E-state index contributed by atoms with van der Waals surface area (Å²) in [6, 6.07) is 10.2. The van der Waals surface area contributed by atoms with Crippen LogP contribution in [0, 0.1) is 5.82 Å². The van der Waals surface area contributed by atoms with Crippen LogP contribution in [-0.4, -0.2) is 4.98 Å². The van der Waals surface area contributed by atoms with Gasteiger partial charge in [-0.15, -0.1) is 0 Å². The highest BCUT2D eigenvalue weighted by molar-refractivity contribution is 5.23. The zero-order valence-corrected chi connectivity index (χ0v) is 9.31. The van der Waals surface area contributed by atoms with Gasteiger partial charge in [0.15, 0.2) is 0 Å². The molecule has 1 atom stereocenters. The van der Waals surface area contributed by atoms with E-state index in [9.17, 15) is 4.39 Å². The molecule has 0 aliphatic heterocycles. The third kappa shape index (κ3) is 3.09. The number of nitrogens with two attached hydrogens (primary N) is 1. The summed E-state index contributed by atoms with van der Waals surface area (Å²) in [5.74, 6) is 5.29. The largest absolute Gasteiger partial charge is 0.271 e. The summed E-state index contributed by atoms with van der Waals surface area (Å²) in [5, 5.41) is 0. The lowest BCUT2D eigenvalue weighted by atomic mass is 10.0. The van der Waals surface area contributed by atoms with E-state index in [1.807, 2.05) is 12.1 Å². The van der Waals surface area contributed by atoms with Crippen molar-refractivity contribution in [3.8, 4) is 0 Å². The van der Waals surface area contributed by atoms with Crippen LogP contribution in [0.15, 0.2) is 48.8 Å². The van der Waals surface area contributed by atoms with Crippen LogP contribution in [0.4, 0.5) is 4.39 Å². The maximum absolute atomic E-state index is 12.8. The van der Waals surface area contributed by atoms with Crippen molar-refractivity contribution in [2.24, 2.45) is 5.84 Å². The molecule has 4 heteroatoms. The summed E-state index contributed by atoms with van der Waals surface area (Å²) in [6.07, 6.45) is 4.23. The molecule has 2 aromatic rings. The number of hydrogen-bond acceptors (Lipinski definition) is 3. The maximum atomic E-state index is 12.8.